The number of rotatable bonds is 3. The molecular formula is C37H25N3. The van der Waals surface area contributed by atoms with Crippen LogP contribution in [0, 0.1) is 11.3 Å². The van der Waals surface area contributed by atoms with Gasteiger partial charge in [0.15, 0.2) is 0 Å². The molecule has 188 valence electrons. The molecule has 5 aromatic carbocycles. The van der Waals surface area contributed by atoms with Gasteiger partial charge in [0.2, 0.25) is 0 Å². The van der Waals surface area contributed by atoms with Gasteiger partial charge in [-0.1, -0.05) is 97.1 Å². The maximum Gasteiger partial charge on any atom is 0.0991 e. The largest absolute Gasteiger partial charge is 0.333 e. The number of nitrogens with zero attached hydrogens (tertiary/aromatic N) is 3. The highest BCUT2D eigenvalue weighted by Gasteiger charge is 2.39. The summed E-state index contributed by atoms with van der Waals surface area (Å²) in [5, 5.41) is 11.9. The highest BCUT2D eigenvalue weighted by atomic mass is 15.2. The fourth-order valence-corrected chi connectivity index (χ4v) is 6.67. The predicted octanol–water partition coefficient (Wildman–Crippen LogP) is 9.05. The van der Waals surface area contributed by atoms with Crippen molar-refractivity contribution >= 4 is 33.2 Å². The molecular weight excluding hydrogens is 486 g/mol. The molecule has 0 radical (unpaired) electrons. The molecule has 8 rings (SSSR count). The first-order valence-electron chi connectivity index (χ1n) is 13.7. The van der Waals surface area contributed by atoms with Crippen molar-refractivity contribution in [2.45, 2.75) is 12.0 Å². The van der Waals surface area contributed by atoms with Crippen molar-refractivity contribution in [1.82, 2.24) is 4.57 Å². The Bertz CT molecular complexity index is 1980. The van der Waals surface area contributed by atoms with Gasteiger partial charge in [0, 0.05) is 33.5 Å². The second kappa shape index (κ2) is 8.86. The lowest BCUT2D eigenvalue weighted by Crippen LogP contribution is -2.28. The number of aromatic nitrogens is 1. The number of hydrogen-bond acceptors (Lipinski definition) is 2. The summed E-state index contributed by atoms with van der Waals surface area (Å²) in [5.41, 5.74) is 10.3. The summed E-state index contributed by atoms with van der Waals surface area (Å²) in [5.74, 6) is 0.260. The van der Waals surface area contributed by atoms with E-state index in [1.165, 1.54) is 44.2 Å². The van der Waals surface area contributed by atoms with Crippen molar-refractivity contribution in [3.63, 3.8) is 0 Å². The van der Waals surface area contributed by atoms with Gasteiger partial charge in [0.25, 0.3) is 0 Å². The Balaban J connectivity index is 1.41. The highest BCUT2D eigenvalue weighted by molar-refractivity contribution is 6.10. The number of allylic oxidation sites excluding steroid dienone is 2. The number of nitriles is 1. The van der Waals surface area contributed by atoms with Gasteiger partial charge >= 0.3 is 0 Å². The van der Waals surface area contributed by atoms with Crippen LogP contribution >= 0.6 is 0 Å². The third-order valence-corrected chi connectivity index (χ3v) is 8.36. The summed E-state index contributed by atoms with van der Waals surface area (Å²) >= 11 is 0. The zero-order chi connectivity index (χ0) is 26.6. The average Bonchev–Trinajstić information content (AvgIpc) is 3.54. The third kappa shape index (κ3) is 3.23. The van der Waals surface area contributed by atoms with Crippen molar-refractivity contribution < 1.29 is 0 Å². The van der Waals surface area contributed by atoms with Crippen LogP contribution in [0.3, 0.4) is 0 Å². The lowest BCUT2D eigenvalue weighted by Gasteiger charge is -2.30. The van der Waals surface area contributed by atoms with E-state index >= 15 is 0 Å². The number of benzene rings is 5. The van der Waals surface area contributed by atoms with E-state index in [9.17, 15) is 5.26 Å². The fourth-order valence-electron chi connectivity index (χ4n) is 6.67. The second-order valence-electron chi connectivity index (χ2n) is 10.4. The van der Waals surface area contributed by atoms with Crippen LogP contribution in [0.15, 0.2) is 140 Å². The number of anilines is 2. The summed E-state index contributed by atoms with van der Waals surface area (Å²) < 4.78 is 2.41. The molecule has 2 aliphatic rings. The first kappa shape index (κ1) is 22.6. The molecule has 3 heteroatoms. The predicted molar refractivity (Wildman–Crippen MR) is 164 cm³/mol. The molecule has 0 N–H and O–H groups in total. The van der Waals surface area contributed by atoms with Gasteiger partial charge in [-0.15, -0.1) is 0 Å². The minimum absolute atomic E-state index is 0.175. The van der Waals surface area contributed by atoms with E-state index in [1.54, 1.807) is 0 Å². The Morgan fingerprint density at radius 1 is 0.600 bits per heavy atom. The van der Waals surface area contributed by atoms with E-state index in [0.29, 0.717) is 5.56 Å². The zero-order valence-electron chi connectivity index (χ0n) is 21.8. The second-order valence-corrected chi connectivity index (χ2v) is 10.4. The van der Waals surface area contributed by atoms with Crippen LogP contribution < -0.4 is 4.90 Å². The summed E-state index contributed by atoms with van der Waals surface area (Å²) in [6, 6.07) is 43.3. The molecule has 0 saturated carbocycles. The van der Waals surface area contributed by atoms with Crippen molar-refractivity contribution in [3.05, 3.63) is 151 Å². The van der Waals surface area contributed by atoms with Gasteiger partial charge in [-0.2, -0.15) is 5.26 Å². The van der Waals surface area contributed by atoms with Crippen molar-refractivity contribution in [2.75, 3.05) is 4.90 Å². The molecule has 2 unspecified atom stereocenters. The molecule has 3 nitrogen and oxygen atoms in total. The van der Waals surface area contributed by atoms with Crippen LogP contribution in [0.2, 0.25) is 0 Å². The number of para-hydroxylation sites is 4. The van der Waals surface area contributed by atoms with E-state index in [2.05, 4.69) is 143 Å². The van der Waals surface area contributed by atoms with E-state index in [1.807, 2.05) is 12.1 Å². The molecule has 0 fully saturated rings. The Morgan fingerprint density at radius 3 is 2.00 bits per heavy atom. The molecule has 2 atom stereocenters. The molecule has 6 aromatic rings. The zero-order valence-corrected chi connectivity index (χ0v) is 21.8. The quantitative estimate of drug-likeness (QED) is 0.237. The Kier molecular flexibility index (Phi) is 5.02. The van der Waals surface area contributed by atoms with Gasteiger partial charge in [-0.3, -0.25) is 0 Å². The lowest BCUT2D eigenvalue weighted by atomic mass is 9.90. The molecule has 0 amide bonds. The van der Waals surface area contributed by atoms with Crippen molar-refractivity contribution in [1.29, 1.82) is 5.26 Å². The first-order chi connectivity index (χ1) is 19.8. The third-order valence-electron chi connectivity index (χ3n) is 8.36. The fraction of sp³-hybridized carbons (Fsp3) is 0.0541. The summed E-state index contributed by atoms with van der Waals surface area (Å²) in [4.78, 5) is 2.46. The Morgan fingerprint density at radius 2 is 1.25 bits per heavy atom. The van der Waals surface area contributed by atoms with Crippen LogP contribution in [0.25, 0.3) is 38.6 Å². The van der Waals surface area contributed by atoms with Gasteiger partial charge in [0.1, 0.15) is 0 Å². The molecule has 0 spiro atoms. The SMILES string of the molecule is N#Cc1ccc(N2c3c(-c4ccccc4-n4c5ccccc5c5ccccc54)cccc3C3C=CC=CC32)cc1. The summed E-state index contributed by atoms with van der Waals surface area (Å²) in [6.07, 6.45) is 8.92. The average molecular weight is 512 g/mol. The highest BCUT2D eigenvalue weighted by Crippen LogP contribution is 2.52. The molecule has 1 aliphatic heterocycles. The monoisotopic (exact) mass is 511 g/mol. The maximum absolute atomic E-state index is 9.42. The number of fused-ring (bicyclic) bond motifs is 6. The normalized spacial score (nSPS) is 17.2. The topological polar surface area (TPSA) is 32.0 Å². The molecule has 2 heterocycles. The Labute approximate surface area is 233 Å². The molecule has 0 saturated heterocycles. The molecule has 0 bridgehead atoms. The summed E-state index contributed by atoms with van der Waals surface area (Å²) in [6.45, 7) is 0. The van der Waals surface area contributed by atoms with Gasteiger partial charge in [-0.25, -0.2) is 0 Å². The van der Waals surface area contributed by atoms with Crippen LogP contribution in [0.4, 0.5) is 11.4 Å². The van der Waals surface area contributed by atoms with E-state index in [4.69, 9.17) is 0 Å². The van der Waals surface area contributed by atoms with E-state index in [0.717, 1.165) is 11.4 Å². The van der Waals surface area contributed by atoms with Gasteiger partial charge < -0.3 is 9.47 Å². The van der Waals surface area contributed by atoms with Crippen LogP contribution in [-0.2, 0) is 0 Å². The molecule has 1 aromatic heterocycles. The standard InChI is InChI=1S/C37H25N3/c38-24-25-20-22-26(23-21-25)39-33-16-5-3-12-29(33)31-14-9-15-32(37(31)39)30-13-4-8-19-36(30)40-34-17-6-1-10-27(34)28-11-2-7-18-35(28)40/h1-23,29,33H. The van der Waals surface area contributed by atoms with Crippen molar-refractivity contribution in [3.8, 4) is 22.9 Å². The van der Waals surface area contributed by atoms with Crippen LogP contribution in [0.5, 0.6) is 0 Å². The van der Waals surface area contributed by atoms with Gasteiger partial charge in [0.05, 0.1) is 40.1 Å². The molecule has 1 aliphatic carbocycles. The van der Waals surface area contributed by atoms with Crippen LogP contribution in [0.1, 0.15) is 17.0 Å². The number of hydrogen-bond donors (Lipinski definition) is 0. The van der Waals surface area contributed by atoms with E-state index in [-0.39, 0.29) is 12.0 Å². The Hall–Kier alpha value is -5.33. The maximum atomic E-state index is 9.42. The molecule has 40 heavy (non-hydrogen) atoms. The minimum Gasteiger partial charge on any atom is -0.333 e. The minimum atomic E-state index is 0.175. The van der Waals surface area contributed by atoms with Crippen LogP contribution in [-0.4, -0.2) is 10.6 Å². The first-order valence-corrected chi connectivity index (χ1v) is 13.7. The van der Waals surface area contributed by atoms with Gasteiger partial charge in [-0.05, 0) is 48.0 Å². The smallest absolute Gasteiger partial charge is 0.0991 e. The van der Waals surface area contributed by atoms with E-state index < -0.39 is 0 Å². The lowest BCUT2D eigenvalue weighted by molar-refractivity contribution is 0.745. The summed E-state index contributed by atoms with van der Waals surface area (Å²) in [7, 11) is 0. The van der Waals surface area contributed by atoms with Crippen molar-refractivity contribution in [2.24, 2.45) is 0 Å².